The van der Waals surface area contributed by atoms with Gasteiger partial charge in [-0.15, -0.1) is 0 Å². The van der Waals surface area contributed by atoms with Gasteiger partial charge in [0.05, 0.1) is 0 Å². The molecule has 0 amide bonds. The molecule has 5 N–H and O–H groups in total. The summed E-state index contributed by atoms with van der Waals surface area (Å²) >= 11 is 1.30. The zero-order valence-electron chi connectivity index (χ0n) is 9.23. The van der Waals surface area contributed by atoms with Crippen LogP contribution in [0.25, 0.3) is 0 Å². The lowest BCUT2D eigenvalue weighted by Crippen LogP contribution is -2.09. The van der Waals surface area contributed by atoms with Gasteiger partial charge in [-0.2, -0.15) is 0 Å². The molecule has 1 aromatic carbocycles. The van der Waals surface area contributed by atoms with E-state index in [9.17, 15) is 4.79 Å². The van der Waals surface area contributed by atoms with E-state index in [4.69, 9.17) is 11.5 Å². The minimum absolute atomic E-state index is 0.198. The number of rotatable bonds is 2. The third kappa shape index (κ3) is 2.59. The molecule has 0 saturated heterocycles. The van der Waals surface area contributed by atoms with Crippen LogP contribution in [0.5, 0.6) is 0 Å². The first-order chi connectivity index (χ1) is 8.06. The van der Waals surface area contributed by atoms with E-state index in [0.29, 0.717) is 10.8 Å². The van der Waals surface area contributed by atoms with E-state index < -0.39 is 0 Å². The van der Waals surface area contributed by atoms with Crippen molar-refractivity contribution in [2.75, 3.05) is 11.5 Å². The van der Waals surface area contributed by atoms with Gasteiger partial charge in [0.25, 0.3) is 5.56 Å². The molecule has 6 heteroatoms. The van der Waals surface area contributed by atoms with E-state index in [0.717, 1.165) is 10.5 Å². The molecule has 88 valence electrons. The number of aryl methyl sites for hydroxylation is 1. The predicted octanol–water partition coefficient (Wildman–Crippen LogP) is 1.39. The molecule has 0 spiro atoms. The largest absolute Gasteiger partial charge is 0.398 e. The summed E-state index contributed by atoms with van der Waals surface area (Å²) < 4.78 is 0. The lowest BCUT2D eigenvalue weighted by Gasteiger charge is -2.07. The van der Waals surface area contributed by atoms with Crippen molar-refractivity contribution < 1.29 is 0 Å². The average Bonchev–Trinajstić information content (AvgIpc) is 2.22. The Bertz CT molecular complexity index is 588. The van der Waals surface area contributed by atoms with Gasteiger partial charge < -0.3 is 16.5 Å². The smallest absolute Gasteiger partial charge is 0.253 e. The first-order valence-corrected chi connectivity index (χ1v) is 5.77. The van der Waals surface area contributed by atoms with Gasteiger partial charge in [0.15, 0.2) is 5.16 Å². The molecule has 0 aliphatic carbocycles. The molecule has 0 aliphatic rings. The Morgan fingerprint density at radius 2 is 2.12 bits per heavy atom. The first kappa shape index (κ1) is 11.5. The average molecular weight is 248 g/mol. The minimum atomic E-state index is -0.271. The molecule has 1 heterocycles. The van der Waals surface area contributed by atoms with Crippen LogP contribution in [0.3, 0.4) is 0 Å². The molecule has 5 nitrogen and oxygen atoms in total. The highest BCUT2D eigenvalue weighted by atomic mass is 32.2. The minimum Gasteiger partial charge on any atom is -0.398 e. The van der Waals surface area contributed by atoms with Gasteiger partial charge in [-0.1, -0.05) is 12.1 Å². The van der Waals surface area contributed by atoms with Crippen LogP contribution in [-0.2, 0) is 0 Å². The van der Waals surface area contributed by atoms with Crippen LogP contribution in [0.15, 0.2) is 39.1 Å². The van der Waals surface area contributed by atoms with Gasteiger partial charge in [-0.05, 0) is 30.3 Å². The van der Waals surface area contributed by atoms with E-state index in [2.05, 4.69) is 9.97 Å². The number of anilines is 2. The second kappa shape index (κ2) is 4.50. The summed E-state index contributed by atoms with van der Waals surface area (Å²) in [4.78, 5) is 18.8. The van der Waals surface area contributed by atoms with Crippen molar-refractivity contribution >= 4 is 23.3 Å². The second-order valence-corrected chi connectivity index (χ2v) is 4.57. The molecular weight excluding hydrogens is 236 g/mol. The molecule has 0 aliphatic heterocycles. The number of aromatic nitrogens is 2. The third-order valence-electron chi connectivity index (χ3n) is 2.18. The Hall–Kier alpha value is -1.95. The van der Waals surface area contributed by atoms with Crippen molar-refractivity contribution in [3.05, 3.63) is 40.2 Å². The highest BCUT2D eigenvalue weighted by Gasteiger charge is 2.07. The van der Waals surface area contributed by atoms with Crippen LogP contribution in [0.2, 0.25) is 0 Å². The maximum Gasteiger partial charge on any atom is 0.253 e. The number of hydrogen-bond donors (Lipinski definition) is 3. The standard InChI is InChI=1S/C11H12N4OS/c1-6-3-2-4-7(12)10(6)17-11-14-8(13)5-9(16)15-11/h2-5H,12H2,1H3,(H3,13,14,15,16). The van der Waals surface area contributed by atoms with E-state index in [-0.39, 0.29) is 11.4 Å². The first-order valence-electron chi connectivity index (χ1n) is 4.96. The molecule has 2 aromatic rings. The summed E-state index contributed by atoms with van der Waals surface area (Å²) in [6.07, 6.45) is 0. The number of nitrogen functional groups attached to an aromatic ring is 2. The van der Waals surface area contributed by atoms with Crippen LogP contribution < -0.4 is 17.0 Å². The lowest BCUT2D eigenvalue weighted by atomic mass is 10.2. The van der Waals surface area contributed by atoms with Gasteiger partial charge >= 0.3 is 0 Å². The van der Waals surface area contributed by atoms with E-state index in [1.165, 1.54) is 17.8 Å². The van der Waals surface area contributed by atoms with Crippen molar-refractivity contribution in [2.45, 2.75) is 17.0 Å². The van der Waals surface area contributed by atoms with Gasteiger partial charge in [-0.25, -0.2) is 4.98 Å². The fraction of sp³-hybridized carbons (Fsp3) is 0.0909. The zero-order chi connectivity index (χ0) is 12.4. The van der Waals surface area contributed by atoms with Crippen LogP contribution >= 0.6 is 11.8 Å². The van der Waals surface area contributed by atoms with Crippen molar-refractivity contribution in [3.8, 4) is 0 Å². The van der Waals surface area contributed by atoms with Gasteiger partial charge in [0, 0.05) is 16.6 Å². The number of nitrogens with zero attached hydrogens (tertiary/aromatic N) is 1. The number of H-pyrrole nitrogens is 1. The van der Waals surface area contributed by atoms with Crippen molar-refractivity contribution in [1.29, 1.82) is 0 Å². The molecule has 0 fully saturated rings. The van der Waals surface area contributed by atoms with Crippen molar-refractivity contribution in [2.24, 2.45) is 0 Å². The van der Waals surface area contributed by atoms with Crippen molar-refractivity contribution in [3.63, 3.8) is 0 Å². The summed E-state index contributed by atoms with van der Waals surface area (Å²) in [6, 6.07) is 6.87. The van der Waals surface area contributed by atoms with Crippen molar-refractivity contribution in [1.82, 2.24) is 9.97 Å². The number of nitrogens with one attached hydrogen (secondary N) is 1. The normalized spacial score (nSPS) is 10.4. The highest BCUT2D eigenvalue weighted by Crippen LogP contribution is 2.32. The summed E-state index contributed by atoms with van der Waals surface area (Å²) in [7, 11) is 0. The number of aromatic amines is 1. The Morgan fingerprint density at radius 3 is 2.76 bits per heavy atom. The fourth-order valence-electron chi connectivity index (χ4n) is 1.41. The molecule has 17 heavy (non-hydrogen) atoms. The molecule has 0 radical (unpaired) electrons. The molecule has 0 saturated carbocycles. The number of nitrogens with two attached hydrogens (primary N) is 2. The third-order valence-corrected chi connectivity index (χ3v) is 3.33. The maximum atomic E-state index is 11.3. The Balaban J connectivity index is 2.41. The molecular formula is C11H12N4OS. The van der Waals surface area contributed by atoms with Gasteiger partial charge in [-0.3, -0.25) is 4.79 Å². The van der Waals surface area contributed by atoms with E-state index in [1.807, 2.05) is 19.1 Å². The summed E-state index contributed by atoms with van der Waals surface area (Å²) in [5.74, 6) is 0.198. The van der Waals surface area contributed by atoms with Crippen LogP contribution in [0, 0.1) is 6.92 Å². The second-order valence-electron chi connectivity index (χ2n) is 3.57. The van der Waals surface area contributed by atoms with Gasteiger partial charge in [0.2, 0.25) is 0 Å². The van der Waals surface area contributed by atoms with Crippen LogP contribution in [0.4, 0.5) is 11.5 Å². The molecule has 0 atom stereocenters. The molecule has 2 rings (SSSR count). The van der Waals surface area contributed by atoms with Gasteiger partial charge in [0.1, 0.15) is 5.82 Å². The summed E-state index contributed by atoms with van der Waals surface area (Å²) in [6.45, 7) is 1.95. The SMILES string of the molecule is Cc1cccc(N)c1Sc1nc(N)cc(=O)[nH]1. The molecule has 0 unspecified atom stereocenters. The predicted molar refractivity (Wildman–Crippen MR) is 69.0 cm³/mol. The monoisotopic (exact) mass is 248 g/mol. The van der Waals surface area contributed by atoms with Crippen LogP contribution in [0.1, 0.15) is 5.56 Å². The number of benzene rings is 1. The Labute approximate surface area is 102 Å². The molecule has 1 aromatic heterocycles. The Morgan fingerprint density at radius 1 is 1.35 bits per heavy atom. The van der Waals surface area contributed by atoms with E-state index in [1.54, 1.807) is 6.07 Å². The Kier molecular flexibility index (Phi) is 3.06. The molecule has 0 bridgehead atoms. The fourth-order valence-corrected chi connectivity index (χ4v) is 2.32. The number of hydrogen-bond acceptors (Lipinski definition) is 5. The van der Waals surface area contributed by atoms with E-state index >= 15 is 0 Å². The summed E-state index contributed by atoms with van der Waals surface area (Å²) in [5.41, 5.74) is 12.8. The quantitative estimate of drug-likeness (QED) is 0.551. The summed E-state index contributed by atoms with van der Waals surface area (Å²) in [5, 5.41) is 0.441. The highest BCUT2D eigenvalue weighted by molar-refractivity contribution is 7.99. The van der Waals surface area contributed by atoms with Crippen LogP contribution in [-0.4, -0.2) is 9.97 Å². The maximum absolute atomic E-state index is 11.3. The topological polar surface area (TPSA) is 97.8 Å². The lowest BCUT2D eigenvalue weighted by molar-refractivity contribution is 0.945. The zero-order valence-corrected chi connectivity index (χ0v) is 10.0.